The Morgan fingerprint density at radius 1 is 1.00 bits per heavy atom. The summed E-state index contributed by atoms with van der Waals surface area (Å²) >= 11 is 1.04. The lowest BCUT2D eigenvalue weighted by molar-refractivity contribution is -0.139. The van der Waals surface area contributed by atoms with Crippen LogP contribution in [0, 0.1) is 20.8 Å². The summed E-state index contributed by atoms with van der Waals surface area (Å²) < 4.78 is 4.77. The fourth-order valence-electron chi connectivity index (χ4n) is 3.00. The number of amides is 1. The number of thioether (sulfide) groups is 1. The maximum atomic E-state index is 12.9. The Morgan fingerprint density at radius 3 is 2.29 bits per heavy atom. The highest BCUT2D eigenvalue weighted by molar-refractivity contribution is 8.14. The largest absolute Gasteiger partial charge is 0.468 e. The first-order valence-corrected chi connectivity index (χ1v) is 10.9. The average molecular weight is 408 g/mol. The number of ether oxygens (including phenoxy) is 1. The van der Waals surface area contributed by atoms with Crippen molar-refractivity contribution in [3.05, 3.63) is 28.8 Å². The van der Waals surface area contributed by atoms with Crippen molar-refractivity contribution in [1.82, 2.24) is 0 Å². The Balaban J connectivity index is 2.78. The number of esters is 1. The molecule has 0 N–H and O–H groups in total. The number of carbonyl (C=O) groups excluding carboxylic acids is 3. The zero-order valence-electron chi connectivity index (χ0n) is 17.8. The molecule has 0 radical (unpaired) electrons. The minimum absolute atomic E-state index is 0.0254. The SMILES string of the molecule is CCCCCCCC(=O)SCC(=O)N(CC(=O)OC)c1c(C)ccc(C)c1C. The lowest BCUT2D eigenvalue weighted by Crippen LogP contribution is -2.38. The maximum absolute atomic E-state index is 12.9. The molecule has 1 amide bonds. The van der Waals surface area contributed by atoms with Crippen LogP contribution in [-0.2, 0) is 19.1 Å². The van der Waals surface area contributed by atoms with Crippen LogP contribution in [0.2, 0.25) is 0 Å². The van der Waals surface area contributed by atoms with E-state index in [4.69, 9.17) is 4.74 Å². The standard InChI is InChI=1S/C22H33NO4S/c1-6-7-8-9-10-11-21(26)28-15-19(24)23(14-20(25)27-5)22-17(3)13-12-16(2)18(22)4/h12-13H,6-11,14-15H2,1-5H3. The van der Waals surface area contributed by atoms with Crippen molar-refractivity contribution in [3.8, 4) is 0 Å². The monoisotopic (exact) mass is 407 g/mol. The van der Waals surface area contributed by atoms with E-state index in [-0.39, 0.29) is 23.3 Å². The van der Waals surface area contributed by atoms with Crippen molar-refractivity contribution in [2.45, 2.75) is 66.2 Å². The van der Waals surface area contributed by atoms with Gasteiger partial charge in [-0.15, -0.1) is 0 Å². The van der Waals surface area contributed by atoms with Crippen LogP contribution < -0.4 is 4.90 Å². The van der Waals surface area contributed by atoms with E-state index in [1.165, 1.54) is 24.9 Å². The molecular weight excluding hydrogens is 374 g/mol. The highest BCUT2D eigenvalue weighted by Gasteiger charge is 2.24. The predicted octanol–water partition coefficient (Wildman–Crippen LogP) is 4.74. The van der Waals surface area contributed by atoms with E-state index in [0.717, 1.165) is 53.4 Å². The molecule has 0 aliphatic rings. The van der Waals surface area contributed by atoms with Crippen molar-refractivity contribution >= 4 is 34.4 Å². The first kappa shape index (κ1) is 24.2. The summed E-state index contributed by atoms with van der Waals surface area (Å²) in [7, 11) is 1.30. The topological polar surface area (TPSA) is 63.7 Å². The minimum Gasteiger partial charge on any atom is -0.468 e. The summed E-state index contributed by atoms with van der Waals surface area (Å²) in [6.45, 7) is 7.81. The van der Waals surface area contributed by atoms with Crippen LogP contribution in [0.4, 0.5) is 5.69 Å². The van der Waals surface area contributed by atoms with Gasteiger partial charge in [0.15, 0.2) is 5.12 Å². The van der Waals surface area contributed by atoms with E-state index >= 15 is 0 Å². The first-order valence-electron chi connectivity index (χ1n) is 9.91. The average Bonchev–Trinajstić information content (AvgIpc) is 2.68. The molecule has 0 fully saturated rings. The van der Waals surface area contributed by atoms with Gasteiger partial charge in [-0.3, -0.25) is 19.3 Å². The Labute approximate surface area is 173 Å². The van der Waals surface area contributed by atoms with Crippen LogP contribution in [0.15, 0.2) is 12.1 Å². The molecule has 5 nitrogen and oxygen atoms in total. The molecule has 1 aromatic carbocycles. The second-order valence-corrected chi connectivity index (χ2v) is 8.09. The number of unbranched alkanes of at least 4 members (excludes halogenated alkanes) is 4. The third kappa shape index (κ3) is 7.66. The molecule has 156 valence electrons. The summed E-state index contributed by atoms with van der Waals surface area (Å²) in [5.74, 6) is -0.718. The smallest absolute Gasteiger partial charge is 0.325 e. The van der Waals surface area contributed by atoms with Gasteiger partial charge in [0.25, 0.3) is 0 Å². The molecule has 0 spiro atoms. The van der Waals surface area contributed by atoms with Gasteiger partial charge in [-0.25, -0.2) is 0 Å². The number of nitrogens with zero attached hydrogens (tertiary/aromatic N) is 1. The molecule has 0 aliphatic carbocycles. The van der Waals surface area contributed by atoms with Gasteiger partial charge in [0.05, 0.1) is 18.6 Å². The normalized spacial score (nSPS) is 10.6. The lowest BCUT2D eigenvalue weighted by atomic mass is 10.0. The van der Waals surface area contributed by atoms with Crippen LogP contribution in [0.25, 0.3) is 0 Å². The third-order valence-corrected chi connectivity index (χ3v) is 5.75. The number of anilines is 1. The van der Waals surface area contributed by atoms with Crippen molar-refractivity contribution in [1.29, 1.82) is 0 Å². The van der Waals surface area contributed by atoms with Crippen LogP contribution in [-0.4, -0.2) is 36.4 Å². The highest BCUT2D eigenvalue weighted by atomic mass is 32.2. The van der Waals surface area contributed by atoms with Crippen LogP contribution in [0.1, 0.15) is 62.1 Å². The van der Waals surface area contributed by atoms with Gasteiger partial charge in [-0.05, 0) is 43.9 Å². The first-order chi connectivity index (χ1) is 13.3. The minimum atomic E-state index is -0.485. The fraction of sp³-hybridized carbons (Fsp3) is 0.591. The van der Waals surface area contributed by atoms with Crippen molar-refractivity contribution in [3.63, 3.8) is 0 Å². The van der Waals surface area contributed by atoms with Crippen molar-refractivity contribution in [2.75, 3.05) is 24.3 Å². The molecule has 0 aliphatic heterocycles. The molecule has 0 saturated carbocycles. The van der Waals surface area contributed by atoms with E-state index in [9.17, 15) is 14.4 Å². The van der Waals surface area contributed by atoms with Crippen LogP contribution >= 0.6 is 11.8 Å². The summed E-state index contributed by atoms with van der Waals surface area (Å²) in [4.78, 5) is 38.3. The number of rotatable bonds is 11. The van der Waals surface area contributed by atoms with Crippen LogP contribution in [0.5, 0.6) is 0 Å². The zero-order chi connectivity index (χ0) is 21.1. The second kappa shape index (κ2) is 12.6. The van der Waals surface area contributed by atoms with Crippen molar-refractivity contribution in [2.24, 2.45) is 0 Å². The molecule has 0 atom stereocenters. The van der Waals surface area contributed by atoms with E-state index in [1.54, 1.807) is 0 Å². The Morgan fingerprint density at radius 2 is 1.64 bits per heavy atom. The summed E-state index contributed by atoms with van der Waals surface area (Å²) in [5, 5.41) is 0.0283. The van der Waals surface area contributed by atoms with E-state index in [2.05, 4.69) is 6.92 Å². The lowest BCUT2D eigenvalue weighted by Gasteiger charge is -2.26. The quantitative estimate of drug-likeness (QED) is 0.392. The molecule has 0 heterocycles. The molecular formula is C22H33NO4S. The summed E-state index contributed by atoms with van der Waals surface area (Å²) in [5.41, 5.74) is 3.62. The highest BCUT2D eigenvalue weighted by Crippen LogP contribution is 2.28. The zero-order valence-corrected chi connectivity index (χ0v) is 18.6. The van der Waals surface area contributed by atoms with Crippen molar-refractivity contribution < 1.29 is 19.1 Å². The molecule has 28 heavy (non-hydrogen) atoms. The molecule has 1 aromatic rings. The number of carbonyl (C=O) groups is 3. The molecule has 0 saturated heterocycles. The molecule has 0 bridgehead atoms. The number of methoxy groups -OCH3 is 1. The van der Waals surface area contributed by atoms with Gasteiger partial charge >= 0.3 is 5.97 Å². The number of aryl methyl sites for hydroxylation is 2. The Kier molecular flexibility index (Phi) is 10.9. The summed E-state index contributed by atoms with van der Waals surface area (Å²) in [6.07, 6.45) is 5.90. The van der Waals surface area contributed by atoms with Gasteiger partial charge < -0.3 is 4.74 Å². The van der Waals surface area contributed by atoms with Crippen LogP contribution in [0.3, 0.4) is 0 Å². The van der Waals surface area contributed by atoms with Gasteiger partial charge in [0, 0.05) is 6.42 Å². The fourth-order valence-corrected chi connectivity index (χ4v) is 3.73. The maximum Gasteiger partial charge on any atom is 0.325 e. The molecule has 1 rings (SSSR count). The Bertz CT molecular complexity index is 687. The van der Waals surface area contributed by atoms with Gasteiger partial charge in [0.2, 0.25) is 5.91 Å². The number of hydrogen-bond donors (Lipinski definition) is 0. The summed E-state index contributed by atoms with van der Waals surface area (Å²) in [6, 6.07) is 3.93. The molecule has 0 aromatic heterocycles. The second-order valence-electron chi connectivity index (χ2n) is 7.05. The van der Waals surface area contributed by atoms with E-state index in [1.807, 2.05) is 32.9 Å². The van der Waals surface area contributed by atoms with E-state index in [0.29, 0.717) is 6.42 Å². The molecule has 0 unspecified atom stereocenters. The predicted molar refractivity (Wildman–Crippen MR) is 116 cm³/mol. The third-order valence-electron chi connectivity index (χ3n) is 4.83. The molecule has 6 heteroatoms. The van der Waals surface area contributed by atoms with Gasteiger partial charge in [0.1, 0.15) is 6.54 Å². The number of benzene rings is 1. The number of hydrogen-bond acceptors (Lipinski definition) is 5. The van der Waals surface area contributed by atoms with E-state index < -0.39 is 5.97 Å². The van der Waals surface area contributed by atoms with Gasteiger partial charge in [-0.2, -0.15) is 0 Å². The Hall–Kier alpha value is -1.82. The van der Waals surface area contributed by atoms with Gasteiger partial charge in [-0.1, -0.05) is 56.5 Å².